The van der Waals surface area contributed by atoms with Crippen LogP contribution in [0.15, 0.2) is 30.3 Å². The maximum Gasteiger partial charge on any atom is 0.0238 e. The zero-order chi connectivity index (χ0) is 12.9. The summed E-state index contributed by atoms with van der Waals surface area (Å²) < 4.78 is 5.97. The normalized spacial score (nSPS) is 23.6. The first-order chi connectivity index (χ1) is 9.42. The lowest BCUT2D eigenvalue weighted by Gasteiger charge is -2.39. The van der Waals surface area contributed by atoms with Gasteiger partial charge in [-0.05, 0) is 24.8 Å². The third-order valence-corrected chi connectivity index (χ3v) is 5.10. The molecule has 1 aromatic carbocycles. The van der Waals surface area contributed by atoms with E-state index in [4.69, 9.17) is 0 Å². The highest BCUT2D eigenvalue weighted by Gasteiger charge is 2.26. The van der Waals surface area contributed by atoms with Gasteiger partial charge in [-0.25, -0.2) is 4.31 Å². The van der Waals surface area contributed by atoms with Crippen LogP contribution in [0.25, 0.3) is 0 Å². The zero-order valence-corrected chi connectivity index (χ0v) is 12.2. The Kier molecular flexibility index (Phi) is 4.77. The van der Waals surface area contributed by atoms with Crippen LogP contribution in [0.4, 0.5) is 0 Å². The Balaban J connectivity index is 1.46. The Morgan fingerprint density at radius 1 is 1.11 bits per heavy atom. The van der Waals surface area contributed by atoms with E-state index in [-0.39, 0.29) is 0 Å². The van der Waals surface area contributed by atoms with Crippen LogP contribution in [0.5, 0.6) is 0 Å². The topological polar surface area (TPSA) is 18.5 Å². The lowest BCUT2D eigenvalue weighted by molar-refractivity contribution is 0.156. The molecule has 0 amide bonds. The van der Waals surface area contributed by atoms with Gasteiger partial charge in [-0.1, -0.05) is 30.3 Å². The highest BCUT2D eigenvalue weighted by atomic mass is 32.2. The van der Waals surface area contributed by atoms with E-state index in [1.165, 1.54) is 44.5 Å². The zero-order valence-electron chi connectivity index (χ0n) is 11.4. The second-order valence-electron chi connectivity index (χ2n) is 5.47. The van der Waals surface area contributed by atoms with Gasteiger partial charge in [-0.15, -0.1) is 0 Å². The Labute approximate surface area is 120 Å². The van der Waals surface area contributed by atoms with Crippen LogP contribution in [-0.4, -0.2) is 41.4 Å². The number of rotatable bonds is 3. The second kappa shape index (κ2) is 6.75. The van der Waals surface area contributed by atoms with Gasteiger partial charge in [-0.3, -0.25) is 9.62 Å². The molecule has 2 aliphatic heterocycles. The van der Waals surface area contributed by atoms with Gasteiger partial charge >= 0.3 is 0 Å². The smallest absolute Gasteiger partial charge is 0.0238 e. The van der Waals surface area contributed by atoms with Crippen LogP contribution >= 0.6 is 12.1 Å². The summed E-state index contributed by atoms with van der Waals surface area (Å²) in [6.07, 6.45) is 3.90. The van der Waals surface area contributed by atoms with Crippen LogP contribution in [0.3, 0.4) is 0 Å². The van der Waals surface area contributed by atoms with E-state index in [1.54, 1.807) is 0 Å². The molecule has 2 fully saturated rings. The predicted molar refractivity (Wildman–Crippen MR) is 81.7 cm³/mol. The Morgan fingerprint density at radius 3 is 2.58 bits per heavy atom. The number of benzene rings is 1. The molecule has 2 heterocycles. The average molecular weight is 277 g/mol. The van der Waals surface area contributed by atoms with Crippen molar-refractivity contribution < 1.29 is 0 Å². The van der Waals surface area contributed by atoms with Crippen LogP contribution in [0, 0.1) is 0 Å². The molecule has 3 nitrogen and oxygen atoms in total. The van der Waals surface area contributed by atoms with Crippen LogP contribution in [0.2, 0.25) is 0 Å². The summed E-state index contributed by atoms with van der Waals surface area (Å²) >= 11 is 1.84. The number of hydrogen-bond acceptors (Lipinski definition) is 4. The summed E-state index contributed by atoms with van der Waals surface area (Å²) in [5.41, 5.74) is 1.44. The van der Waals surface area contributed by atoms with Gasteiger partial charge in [0.1, 0.15) is 0 Å². The fourth-order valence-corrected chi connectivity index (χ4v) is 3.93. The Morgan fingerprint density at radius 2 is 1.89 bits per heavy atom. The highest BCUT2D eigenvalue weighted by Crippen LogP contribution is 2.24. The van der Waals surface area contributed by atoms with Crippen molar-refractivity contribution >= 4 is 12.1 Å². The van der Waals surface area contributed by atoms with E-state index in [1.807, 2.05) is 12.1 Å². The fraction of sp³-hybridized carbons (Fsp3) is 0.600. The largest absolute Gasteiger partial charge is 0.299 e. The van der Waals surface area contributed by atoms with E-state index in [0.29, 0.717) is 0 Å². The molecule has 2 aliphatic rings. The highest BCUT2D eigenvalue weighted by molar-refractivity contribution is 7.95. The molecule has 0 bridgehead atoms. The number of hydrogen-bond donors (Lipinski definition) is 1. The van der Waals surface area contributed by atoms with Crippen molar-refractivity contribution in [2.75, 3.05) is 26.2 Å². The minimum absolute atomic E-state index is 0.768. The van der Waals surface area contributed by atoms with E-state index >= 15 is 0 Å². The molecule has 0 aliphatic carbocycles. The lowest BCUT2D eigenvalue weighted by atomic mass is 10.0. The maximum absolute atomic E-state index is 3.41. The molecule has 2 saturated heterocycles. The third-order valence-electron chi connectivity index (χ3n) is 4.05. The number of nitrogens with one attached hydrogen (secondary N) is 1. The molecule has 0 saturated carbocycles. The first kappa shape index (κ1) is 13.4. The first-order valence-corrected chi connectivity index (χ1v) is 8.12. The third kappa shape index (κ3) is 3.72. The summed E-state index contributed by atoms with van der Waals surface area (Å²) in [4.78, 5) is 2.59. The molecule has 0 atom stereocenters. The molecular weight excluding hydrogens is 254 g/mol. The molecule has 3 rings (SSSR count). The maximum atomic E-state index is 3.41. The molecule has 1 aromatic rings. The monoisotopic (exact) mass is 277 g/mol. The molecule has 104 valence electrons. The molecule has 0 aromatic heterocycles. The molecule has 1 N–H and O–H groups in total. The van der Waals surface area contributed by atoms with Crippen LogP contribution in [0.1, 0.15) is 24.8 Å². The molecular formula is C15H23N3S. The summed E-state index contributed by atoms with van der Waals surface area (Å²) in [7, 11) is 0. The Bertz CT molecular complexity index is 370. The van der Waals surface area contributed by atoms with Crippen LogP contribution < -0.4 is 4.72 Å². The van der Waals surface area contributed by atoms with Crippen molar-refractivity contribution in [3.63, 3.8) is 0 Å². The SMILES string of the molecule is c1ccc(CN2CCC(N3CCCNS3)CC2)cc1. The predicted octanol–water partition coefficient (Wildman–Crippen LogP) is 2.51. The number of nitrogens with zero attached hydrogens (tertiary/aromatic N) is 2. The van der Waals surface area contributed by atoms with Gasteiger partial charge in [0.05, 0.1) is 0 Å². The van der Waals surface area contributed by atoms with Crippen molar-refractivity contribution in [2.45, 2.75) is 31.8 Å². The summed E-state index contributed by atoms with van der Waals surface area (Å²) in [6, 6.07) is 11.6. The van der Waals surface area contributed by atoms with E-state index in [2.05, 4.69) is 44.3 Å². The number of piperidine rings is 1. The van der Waals surface area contributed by atoms with E-state index in [9.17, 15) is 0 Å². The first-order valence-electron chi connectivity index (χ1n) is 7.34. The molecule has 0 radical (unpaired) electrons. The fourth-order valence-electron chi connectivity index (χ4n) is 2.95. The van der Waals surface area contributed by atoms with Crippen LogP contribution in [-0.2, 0) is 6.54 Å². The van der Waals surface area contributed by atoms with Crippen molar-refractivity contribution in [3.8, 4) is 0 Å². The molecule has 0 unspecified atom stereocenters. The average Bonchev–Trinajstić information content (AvgIpc) is 2.50. The van der Waals surface area contributed by atoms with Crippen molar-refractivity contribution in [3.05, 3.63) is 35.9 Å². The van der Waals surface area contributed by atoms with E-state index < -0.39 is 0 Å². The minimum Gasteiger partial charge on any atom is -0.299 e. The summed E-state index contributed by atoms with van der Waals surface area (Å²) in [5.74, 6) is 0. The number of likely N-dealkylation sites (tertiary alicyclic amines) is 1. The van der Waals surface area contributed by atoms with Crippen molar-refractivity contribution in [2.24, 2.45) is 0 Å². The molecule has 19 heavy (non-hydrogen) atoms. The Hall–Kier alpha value is -0.550. The van der Waals surface area contributed by atoms with Gasteiger partial charge < -0.3 is 0 Å². The second-order valence-corrected chi connectivity index (χ2v) is 6.41. The van der Waals surface area contributed by atoms with Gasteiger partial charge in [0, 0.05) is 50.9 Å². The van der Waals surface area contributed by atoms with Gasteiger partial charge in [-0.2, -0.15) is 0 Å². The quantitative estimate of drug-likeness (QED) is 0.855. The summed E-state index contributed by atoms with van der Waals surface area (Å²) in [6.45, 7) is 5.99. The van der Waals surface area contributed by atoms with Gasteiger partial charge in [0.2, 0.25) is 0 Å². The van der Waals surface area contributed by atoms with Gasteiger partial charge in [0.25, 0.3) is 0 Å². The molecule has 0 spiro atoms. The minimum atomic E-state index is 0.768. The van der Waals surface area contributed by atoms with E-state index in [0.717, 1.165) is 19.1 Å². The van der Waals surface area contributed by atoms with Crippen molar-refractivity contribution in [1.82, 2.24) is 13.9 Å². The standard InChI is InChI=1S/C15H23N3S/c1-2-5-14(6-3-1)13-17-11-7-15(8-12-17)18-10-4-9-16-19-18/h1-3,5-6,15-16H,4,7-13H2. The van der Waals surface area contributed by atoms with Crippen molar-refractivity contribution in [1.29, 1.82) is 0 Å². The lowest BCUT2D eigenvalue weighted by Crippen LogP contribution is -2.45. The molecule has 4 heteroatoms. The summed E-state index contributed by atoms with van der Waals surface area (Å²) in [5, 5.41) is 0. The van der Waals surface area contributed by atoms with Gasteiger partial charge in [0.15, 0.2) is 0 Å².